The van der Waals surface area contributed by atoms with Gasteiger partial charge in [0.25, 0.3) is 0 Å². The lowest BCUT2D eigenvalue weighted by Gasteiger charge is -2.27. The monoisotopic (exact) mass is 1300 g/mol. The zero-order chi connectivity index (χ0) is 67.8. The third kappa shape index (κ3) is 58.1. The molecule has 0 saturated carbocycles. The number of carbonyl (C=O) groups is 7. The molecule has 1 N–H and O–H groups in total. The van der Waals surface area contributed by atoms with Gasteiger partial charge in [0, 0.05) is 111 Å². The van der Waals surface area contributed by atoms with E-state index in [1.165, 1.54) is 180 Å². The Morgan fingerprint density at radius 2 is 0.533 bits per heavy atom. The Morgan fingerprint density at radius 3 is 0.793 bits per heavy atom. The summed E-state index contributed by atoms with van der Waals surface area (Å²) >= 11 is 0. The average Bonchev–Trinajstić information content (AvgIpc) is 2.58. The van der Waals surface area contributed by atoms with E-state index in [0.717, 1.165) is 77.0 Å². The predicted octanol–water partition coefficient (Wildman–Crippen LogP) is 17.2. The fraction of sp³-hybridized carbons (Fsp3) is 0.909. The number of Topliss-reactive ketones (excluding diaryl/α,β-unsaturated/α-hetero) is 4. The van der Waals surface area contributed by atoms with Crippen LogP contribution in [0.15, 0.2) is 0 Å². The molecule has 15 nitrogen and oxygen atoms in total. The van der Waals surface area contributed by atoms with Gasteiger partial charge in [-0.15, -0.1) is 0 Å². The molecule has 0 spiro atoms. The van der Waals surface area contributed by atoms with Gasteiger partial charge in [0.15, 0.2) is 0 Å². The second kappa shape index (κ2) is 66.3. The Labute approximate surface area is 567 Å². The van der Waals surface area contributed by atoms with Crippen molar-refractivity contribution < 1.29 is 38.3 Å². The molecule has 15 heteroatoms. The van der Waals surface area contributed by atoms with Crippen LogP contribution in [-0.2, 0) is 33.5 Å². The Kier molecular flexibility index (Phi) is 64.0. The molecule has 0 aliphatic carbocycles. The van der Waals surface area contributed by atoms with Crippen LogP contribution < -0.4 is 5.32 Å². The van der Waals surface area contributed by atoms with Gasteiger partial charge in [0.1, 0.15) is 29.7 Å². The molecule has 0 aromatic carbocycles. The number of rotatable bonds is 72. The number of unbranched alkanes of at least 4 members (excludes halogenated alkanes) is 36. The van der Waals surface area contributed by atoms with Crippen LogP contribution in [-0.4, -0.2) is 189 Å². The van der Waals surface area contributed by atoms with E-state index in [0.29, 0.717) is 111 Å². The minimum atomic E-state index is -0.518. The molecule has 0 unspecified atom stereocenters. The van der Waals surface area contributed by atoms with Gasteiger partial charge >= 0.3 is 6.09 Å². The van der Waals surface area contributed by atoms with Crippen LogP contribution in [0, 0.1) is 0 Å². The first kappa shape index (κ1) is 88.7. The van der Waals surface area contributed by atoms with Gasteiger partial charge in [-0.25, -0.2) is 4.79 Å². The maximum atomic E-state index is 13.5. The summed E-state index contributed by atoms with van der Waals surface area (Å²) in [5, 5.41) is 2.82. The molecule has 0 heterocycles. The van der Waals surface area contributed by atoms with Crippen LogP contribution in [0.1, 0.15) is 337 Å². The molecule has 0 saturated heterocycles. The summed E-state index contributed by atoms with van der Waals surface area (Å²) in [5.41, 5.74) is 0. The summed E-state index contributed by atoms with van der Waals surface area (Å²) in [5.74, 6) is 0.742. The van der Waals surface area contributed by atoms with Crippen LogP contribution in [0.5, 0.6) is 0 Å². The first-order valence-electron chi connectivity index (χ1n) is 39.1. The minimum absolute atomic E-state index is 0.0165. The third-order valence-corrected chi connectivity index (χ3v) is 18.6. The number of likely N-dealkylation sites (N-methyl/N-ethyl adjacent to an activating group) is 4. The summed E-state index contributed by atoms with van der Waals surface area (Å²) in [6.07, 6.45) is 50.9. The second-order valence-electron chi connectivity index (χ2n) is 27.4. The number of ether oxygens (including phenoxy) is 1. The molecule has 0 aliphatic rings. The molecule has 0 radical (unpaired) electrons. The quantitative estimate of drug-likeness (QED) is 0.0575. The van der Waals surface area contributed by atoms with Gasteiger partial charge in [-0.1, -0.05) is 259 Å². The standard InChI is InChI=1S/C77H149N7O8/c1-9-15-19-23-27-31-33-37-41-45-49-53-73(87)69-82(70-74(88)54-50-46-42-38-34-32-28-24-20-16-10-2)62-64-84(14-6)76(90)56-59-80(8)65-66-92-77(91)78-57-60-79(7)58-55-75(89)83(13-5)63-61-81(67-71(85)51-47-43-39-35-29-25-21-17-11-3)68-72(86)52-48-44-40-36-30-26-22-18-12-4/h9-70H2,1-8H3,(H,78,91). The van der Waals surface area contributed by atoms with Crippen LogP contribution in [0.2, 0.25) is 0 Å². The lowest BCUT2D eigenvalue weighted by molar-refractivity contribution is -0.132. The van der Waals surface area contributed by atoms with E-state index in [2.05, 4.69) is 33.0 Å². The van der Waals surface area contributed by atoms with Crippen molar-refractivity contribution in [2.24, 2.45) is 0 Å². The number of carbonyl (C=O) groups excluding carboxylic acids is 7. The van der Waals surface area contributed by atoms with E-state index < -0.39 is 6.09 Å². The number of nitrogens with zero attached hydrogens (tertiary/aromatic N) is 6. The Hall–Kier alpha value is -3.27. The van der Waals surface area contributed by atoms with Gasteiger partial charge in [0.2, 0.25) is 11.8 Å². The van der Waals surface area contributed by atoms with Gasteiger partial charge in [-0.05, 0) is 53.6 Å². The number of ketones is 4. The highest BCUT2D eigenvalue weighted by atomic mass is 16.5. The smallest absolute Gasteiger partial charge is 0.407 e. The van der Waals surface area contributed by atoms with Gasteiger partial charge in [-0.2, -0.15) is 0 Å². The van der Waals surface area contributed by atoms with E-state index in [-0.39, 0.29) is 67.7 Å². The molecule has 0 atom stereocenters. The Bertz CT molecular complexity index is 1690. The number of nitrogens with one attached hydrogen (secondary N) is 1. The van der Waals surface area contributed by atoms with E-state index in [9.17, 15) is 33.6 Å². The van der Waals surface area contributed by atoms with Crippen molar-refractivity contribution in [3.8, 4) is 0 Å². The third-order valence-electron chi connectivity index (χ3n) is 18.6. The van der Waals surface area contributed by atoms with Gasteiger partial charge < -0.3 is 29.7 Å². The van der Waals surface area contributed by atoms with E-state index in [1.54, 1.807) is 0 Å². The van der Waals surface area contributed by atoms with Crippen molar-refractivity contribution in [1.82, 2.24) is 34.7 Å². The summed E-state index contributed by atoms with van der Waals surface area (Å²) in [7, 11) is 3.83. The predicted molar refractivity (Wildman–Crippen MR) is 387 cm³/mol. The highest BCUT2D eigenvalue weighted by Crippen LogP contribution is 2.17. The van der Waals surface area contributed by atoms with Gasteiger partial charge in [-0.3, -0.25) is 38.6 Å². The molecule has 0 aromatic rings. The normalized spacial score (nSPS) is 11.6. The lowest BCUT2D eigenvalue weighted by atomic mass is 10.0. The highest BCUT2D eigenvalue weighted by molar-refractivity contribution is 5.84. The van der Waals surface area contributed by atoms with E-state index in [4.69, 9.17) is 4.74 Å². The zero-order valence-corrected chi connectivity index (χ0v) is 61.8. The van der Waals surface area contributed by atoms with Crippen LogP contribution in [0.25, 0.3) is 0 Å². The van der Waals surface area contributed by atoms with E-state index in [1.807, 2.05) is 57.3 Å². The largest absolute Gasteiger partial charge is 0.448 e. The summed E-state index contributed by atoms with van der Waals surface area (Å²) in [6, 6.07) is 0. The first-order valence-corrected chi connectivity index (χ1v) is 39.1. The number of alkyl carbamates (subject to hydrolysis) is 1. The number of amides is 3. The maximum Gasteiger partial charge on any atom is 0.407 e. The summed E-state index contributed by atoms with van der Waals surface area (Å²) in [4.78, 5) is 104. The molecule has 0 fully saturated rings. The molecule has 92 heavy (non-hydrogen) atoms. The molecule has 3 amide bonds. The number of hydrogen-bond donors (Lipinski definition) is 1. The van der Waals surface area contributed by atoms with Crippen LogP contribution >= 0.6 is 0 Å². The minimum Gasteiger partial charge on any atom is -0.448 e. The fourth-order valence-electron chi connectivity index (χ4n) is 12.2. The summed E-state index contributed by atoms with van der Waals surface area (Å²) < 4.78 is 5.49. The topological polar surface area (TPSA) is 160 Å². The van der Waals surface area contributed by atoms with E-state index >= 15 is 0 Å². The molecule has 0 aliphatic heterocycles. The molecule has 0 aromatic heterocycles. The molecular formula is C77H149N7O8. The molecule has 540 valence electrons. The zero-order valence-electron chi connectivity index (χ0n) is 61.8. The molecular weight excluding hydrogens is 1150 g/mol. The Balaban J connectivity index is 4.99. The van der Waals surface area contributed by atoms with Crippen molar-refractivity contribution in [2.75, 3.05) is 119 Å². The van der Waals surface area contributed by atoms with Crippen molar-refractivity contribution >= 4 is 41.0 Å². The summed E-state index contributed by atoms with van der Waals surface area (Å²) in [6.45, 7) is 19.4. The van der Waals surface area contributed by atoms with Crippen LogP contribution in [0.4, 0.5) is 4.79 Å². The molecule has 0 rings (SSSR count). The first-order chi connectivity index (χ1) is 44.7. The Morgan fingerprint density at radius 1 is 0.283 bits per heavy atom. The van der Waals surface area contributed by atoms with Crippen LogP contribution in [0.3, 0.4) is 0 Å². The number of hydrogen-bond acceptors (Lipinski definition) is 12. The lowest BCUT2D eigenvalue weighted by Crippen LogP contribution is -2.43. The molecule has 0 bridgehead atoms. The average molecular weight is 1300 g/mol. The van der Waals surface area contributed by atoms with Crippen molar-refractivity contribution in [1.29, 1.82) is 0 Å². The van der Waals surface area contributed by atoms with Gasteiger partial charge in [0.05, 0.1) is 26.2 Å². The van der Waals surface area contributed by atoms with Crippen molar-refractivity contribution in [3.63, 3.8) is 0 Å². The fourth-order valence-corrected chi connectivity index (χ4v) is 12.2. The highest BCUT2D eigenvalue weighted by Gasteiger charge is 2.21. The maximum absolute atomic E-state index is 13.5. The SMILES string of the molecule is CCCCCCCCCCCCCC(=O)CN(CCN(CC)C(=O)CCN(C)CCOC(=O)NCCN(C)CCC(=O)N(CC)CCN(CC(=O)CCCCCCCCCCC)CC(=O)CCCCCCCCCCC)CC(=O)CCCCCCCCCCCCC. The second-order valence-corrected chi connectivity index (χ2v) is 27.4. The van der Waals surface area contributed by atoms with Crippen molar-refractivity contribution in [3.05, 3.63) is 0 Å². The van der Waals surface area contributed by atoms with Crippen molar-refractivity contribution in [2.45, 2.75) is 337 Å².